The van der Waals surface area contributed by atoms with Gasteiger partial charge in [0.15, 0.2) is 0 Å². The van der Waals surface area contributed by atoms with Gasteiger partial charge in [0.25, 0.3) is 0 Å². The minimum absolute atomic E-state index is 0.112. The Balaban J connectivity index is 1.50. The molecule has 38 heavy (non-hydrogen) atoms. The summed E-state index contributed by atoms with van der Waals surface area (Å²) in [6, 6.07) is 13.7. The smallest absolute Gasteiger partial charge is 0.331 e. The molecule has 3 aromatic rings. The van der Waals surface area contributed by atoms with Crippen LogP contribution >= 0.6 is 0 Å². The molecule has 7 heteroatoms. The Bertz CT molecular complexity index is 1480. The Morgan fingerprint density at radius 2 is 1.92 bits per heavy atom. The number of allylic oxidation sites excluding steroid dienone is 2. The van der Waals surface area contributed by atoms with Crippen molar-refractivity contribution in [1.82, 2.24) is 9.78 Å². The Labute approximate surface area is 222 Å². The van der Waals surface area contributed by atoms with Crippen LogP contribution in [-0.4, -0.2) is 31.9 Å². The first-order chi connectivity index (χ1) is 18.2. The van der Waals surface area contributed by atoms with E-state index in [9.17, 15) is 19.8 Å². The standard InChI is InChI=1S/C31H32N2O5/c1-4-33-15-13-27(32-33)22-10-11-28(20(3)16-22)38-18-25-23(21-8-9-21)6-5-7-26(25)31(30(36)37)14-12-19(2)24(17-31)29(34)35/h5-7,10-16,21H,4,8-9,17-18H2,1-3H3,(H,34,35)(H,36,37). The van der Waals surface area contributed by atoms with Crippen LogP contribution in [0.1, 0.15) is 61.3 Å². The summed E-state index contributed by atoms with van der Waals surface area (Å²) in [6.45, 7) is 6.73. The summed E-state index contributed by atoms with van der Waals surface area (Å²) < 4.78 is 8.22. The van der Waals surface area contributed by atoms with Crippen LogP contribution in [0, 0.1) is 6.92 Å². The van der Waals surface area contributed by atoms with Gasteiger partial charge in [0.2, 0.25) is 0 Å². The number of carboxylic acids is 2. The van der Waals surface area contributed by atoms with Crippen LogP contribution in [-0.2, 0) is 28.2 Å². The largest absolute Gasteiger partial charge is 0.489 e. The number of ether oxygens (including phenoxy) is 1. The average molecular weight is 513 g/mol. The van der Waals surface area contributed by atoms with Crippen LogP contribution in [0.25, 0.3) is 11.3 Å². The van der Waals surface area contributed by atoms with Gasteiger partial charge in [-0.2, -0.15) is 5.10 Å². The van der Waals surface area contributed by atoms with E-state index in [-0.39, 0.29) is 18.6 Å². The number of nitrogens with zero attached hydrogens (tertiary/aromatic N) is 2. The van der Waals surface area contributed by atoms with Crippen LogP contribution in [0.15, 0.2) is 72.0 Å². The number of carbonyl (C=O) groups is 2. The third-order valence-corrected chi connectivity index (χ3v) is 7.71. The minimum Gasteiger partial charge on any atom is -0.489 e. The van der Waals surface area contributed by atoms with Crippen molar-refractivity contribution in [2.75, 3.05) is 0 Å². The molecule has 1 fully saturated rings. The van der Waals surface area contributed by atoms with Crippen LogP contribution < -0.4 is 4.74 Å². The monoisotopic (exact) mass is 512 g/mol. The van der Waals surface area contributed by atoms with Crippen LogP contribution in [0.4, 0.5) is 0 Å². The second-order valence-corrected chi connectivity index (χ2v) is 10.2. The fourth-order valence-corrected chi connectivity index (χ4v) is 5.31. The molecule has 0 radical (unpaired) electrons. The Kier molecular flexibility index (Phi) is 6.69. The van der Waals surface area contributed by atoms with E-state index in [0.29, 0.717) is 22.8 Å². The number of hydrogen-bond acceptors (Lipinski definition) is 4. The molecule has 2 aliphatic carbocycles. The van der Waals surface area contributed by atoms with Crippen molar-refractivity contribution in [3.05, 3.63) is 94.2 Å². The molecule has 2 N–H and O–H groups in total. The molecule has 7 nitrogen and oxygen atoms in total. The molecule has 0 amide bonds. The molecule has 0 saturated heterocycles. The normalized spacial score (nSPS) is 19.0. The second kappa shape index (κ2) is 9.97. The van der Waals surface area contributed by atoms with Gasteiger partial charge in [0.1, 0.15) is 17.8 Å². The van der Waals surface area contributed by atoms with Crippen molar-refractivity contribution in [1.29, 1.82) is 0 Å². The summed E-state index contributed by atoms with van der Waals surface area (Å²) in [6.07, 6.45) is 7.20. The molecule has 1 atom stereocenters. The van der Waals surface area contributed by atoms with E-state index in [0.717, 1.165) is 47.3 Å². The maximum atomic E-state index is 12.8. The lowest BCUT2D eigenvalue weighted by molar-refractivity contribution is -0.142. The average Bonchev–Trinajstić information content (AvgIpc) is 3.64. The van der Waals surface area contributed by atoms with E-state index in [4.69, 9.17) is 4.74 Å². The molecule has 0 bridgehead atoms. The highest BCUT2D eigenvalue weighted by molar-refractivity contribution is 5.94. The van der Waals surface area contributed by atoms with Gasteiger partial charge in [-0.15, -0.1) is 0 Å². The third-order valence-electron chi connectivity index (χ3n) is 7.71. The molecule has 0 aliphatic heterocycles. The minimum atomic E-state index is -1.48. The fraction of sp³-hybridized carbons (Fsp3) is 0.323. The fourth-order valence-electron chi connectivity index (χ4n) is 5.31. The summed E-state index contributed by atoms with van der Waals surface area (Å²) in [4.78, 5) is 24.8. The number of carboxylic acid groups (broad SMARTS) is 2. The number of aliphatic carboxylic acids is 2. The quantitative estimate of drug-likeness (QED) is 0.364. The maximum Gasteiger partial charge on any atom is 0.331 e. The van der Waals surface area contributed by atoms with Gasteiger partial charge in [-0.3, -0.25) is 9.48 Å². The topological polar surface area (TPSA) is 102 Å². The van der Waals surface area contributed by atoms with Gasteiger partial charge < -0.3 is 14.9 Å². The van der Waals surface area contributed by atoms with Crippen molar-refractivity contribution in [3.63, 3.8) is 0 Å². The molecule has 196 valence electrons. The van der Waals surface area contributed by atoms with Crippen molar-refractivity contribution < 1.29 is 24.5 Å². The Morgan fingerprint density at radius 1 is 1.13 bits per heavy atom. The predicted molar refractivity (Wildman–Crippen MR) is 144 cm³/mol. The zero-order valence-electron chi connectivity index (χ0n) is 21.9. The van der Waals surface area contributed by atoms with E-state index >= 15 is 0 Å². The second-order valence-electron chi connectivity index (χ2n) is 10.2. The number of rotatable bonds is 9. The molecule has 1 unspecified atom stereocenters. The number of aryl methyl sites for hydroxylation is 2. The molecule has 1 saturated carbocycles. The van der Waals surface area contributed by atoms with Crippen LogP contribution in [0.2, 0.25) is 0 Å². The van der Waals surface area contributed by atoms with Crippen LogP contribution in [0.5, 0.6) is 5.75 Å². The summed E-state index contributed by atoms with van der Waals surface area (Å²) >= 11 is 0. The first-order valence-electron chi connectivity index (χ1n) is 13.0. The van der Waals surface area contributed by atoms with Gasteiger partial charge in [0, 0.05) is 30.3 Å². The number of benzene rings is 2. The predicted octanol–water partition coefficient (Wildman–Crippen LogP) is 6.02. The zero-order valence-corrected chi connectivity index (χ0v) is 21.9. The van der Waals surface area contributed by atoms with E-state index in [1.165, 1.54) is 0 Å². The number of aromatic nitrogens is 2. The summed E-state index contributed by atoms with van der Waals surface area (Å²) in [5.74, 6) is -1.08. The lowest BCUT2D eigenvalue weighted by atomic mass is 9.69. The van der Waals surface area contributed by atoms with Gasteiger partial charge in [-0.25, -0.2) is 4.79 Å². The van der Waals surface area contributed by atoms with Crippen molar-refractivity contribution in [2.24, 2.45) is 0 Å². The van der Waals surface area contributed by atoms with Crippen molar-refractivity contribution >= 4 is 11.9 Å². The lowest BCUT2D eigenvalue weighted by Crippen LogP contribution is -2.38. The first-order valence-corrected chi connectivity index (χ1v) is 13.0. The van der Waals surface area contributed by atoms with Gasteiger partial charge in [0.05, 0.1) is 5.69 Å². The van der Waals surface area contributed by atoms with Gasteiger partial charge in [-0.05, 0) is 91.6 Å². The molecular formula is C31H32N2O5. The summed E-state index contributed by atoms with van der Waals surface area (Å²) in [5, 5.41) is 24.8. The van der Waals surface area contributed by atoms with E-state index in [2.05, 4.69) is 5.10 Å². The maximum absolute atomic E-state index is 12.8. The lowest BCUT2D eigenvalue weighted by Gasteiger charge is -2.33. The first kappa shape index (κ1) is 25.5. The summed E-state index contributed by atoms with van der Waals surface area (Å²) in [5.41, 5.74) is 4.58. The van der Waals surface area contributed by atoms with Gasteiger partial charge >= 0.3 is 11.9 Å². The molecule has 2 aliphatic rings. The molecular weight excluding hydrogens is 480 g/mol. The highest BCUT2D eigenvalue weighted by atomic mass is 16.5. The van der Waals surface area contributed by atoms with E-state index in [1.807, 2.05) is 67.2 Å². The summed E-state index contributed by atoms with van der Waals surface area (Å²) in [7, 11) is 0. The zero-order chi connectivity index (χ0) is 27.0. The van der Waals surface area contributed by atoms with Crippen LogP contribution in [0.3, 0.4) is 0 Å². The number of hydrogen-bond donors (Lipinski definition) is 2. The molecule has 1 aromatic heterocycles. The highest BCUT2D eigenvalue weighted by Gasteiger charge is 2.44. The Hall–Kier alpha value is -4.13. The highest BCUT2D eigenvalue weighted by Crippen LogP contribution is 2.47. The SMILES string of the molecule is CCn1ccc(-c2ccc(OCc3c(C4CC4)cccc3C3(C(=O)O)C=CC(C)=C(C(=O)O)C3)c(C)c2)n1. The van der Waals surface area contributed by atoms with E-state index in [1.54, 1.807) is 19.1 Å². The van der Waals surface area contributed by atoms with Gasteiger partial charge in [-0.1, -0.05) is 30.4 Å². The third kappa shape index (κ3) is 4.64. The molecule has 0 spiro atoms. The Morgan fingerprint density at radius 3 is 2.55 bits per heavy atom. The van der Waals surface area contributed by atoms with Crippen molar-refractivity contribution in [3.8, 4) is 17.0 Å². The van der Waals surface area contributed by atoms with E-state index < -0.39 is 17.4 Å². The molecule has 1 heterocycles. The molecule has 2 aromatic carbocycles. The molecule has 5 rings (SSSR count). The van der Waals surface area contributed by atoms with Crippen molar-refractivity contribution in [2.45, 2.75) is 64.5 Å².